The van der Waals surface area contributed by atoms with Crippen molar-refractivity contribution in [2.45, 2.75) is 26.3 Å². The summed E-state index contributed by atoms with van der Waals surface area (Å²) in [5.74, 6) is 0.669. The molecule has 0 spiro atoms. The Morgan fingerprint density at radius 2 is 1.83 bits per heavy atom. The predicted molar refractivity (Wildman–Crippen MR) is 117 cm³/mol. The van der Waals surface area contributed by atoms with Gasteiger partial charge < -0.3 is 9.88 Å². The fourth-order valence-corrected chi connectivity index (χ4v) is 3.60. The first-order valence-electron chi connectivity index (χ1n) is 10.1. The standard InChI is InChI=1S/C25H24FN3O/c1-18-6-4-7-20(16-18)25(30)27-15-5-10-24-28-22-8-2-3-9-23(22)29(24)17-19-11-13-21(26)14-12-19/h2-4,6-9,11-14,16H,5,10,15,17H2,1H3,(H,27,30). The van der Waals surface area contributed by atoms with Crippen LogP contribution in [0.5, 0.6) is 0 Å². The highest BCUT2D eigenvalue weighted by molar-refractivity contribution is 5.94. The van der Waals surface area contributed by atoms with Gasteiger partial charge in [0.05, 0.1) is 11.0 Å². The van der Waals surface area contributed by atoms with Gasteiger partial charge in [0.15, 0.2) is 0 Å². The molecule has 30 heavy (non-hydrogen) atoms. The number of halogens is 1. The largest absolute Gasteiger partial charge is 0.352 e. The summed E-state index contributed by atoms with van der Waals surface area (Å²) in [6.07, 6.45) is 1.52. The van der Waals surface area contributed by atoms with Crippen molar-refractivity contribution in [3.8, 4) is 0 Å². The van der Waals surface area contributed by atoms with Gasteiger partial charge in [-0.1, -0.05) is 42.0 Å². The van der Waals surface area contributed by atoms with Crippen LogP contribution in [0.3, 0.4) is 0 Å². The molecule has 1 heterocycles. The second-order valence-electron chi connectivity index (χ2n) is 7.46. The molecule has 1 N–H and O–H groups in total. The van der Waals surface area contributed by atoms with Crippen LogP contribution in [0.25, 0.3) is 11.0 Å². The Bertz CT molecular complexity index is 1160. The second kappa shape index (κ2) is 8.91. The lowest BCUT2D eigenvalue weighted by Crippen LogP contribution is -2.25. The summed E-state index contributed by atoms with van der Waals surface area (Å²) >= 11 is 0. The number of carbonyl (C=O) groups is 1. The van der Waals surface area contributed by atoms with Crippen LogP contribution in [0.4, 0.5) is 4.39 Å². The van der Waals surface area contributed by atoms with Gasteiger partial charge in [-0.05, 0) is 55.3 Å². The molecule has 0 fully saturated rings. The summed E-state index contributed by atoms with van der Waals surface area (Å²) in [7, 11) is 0. The number of fused-ring (bicyclic) bond motifs is 1. The highest BCUT2D eigenvalue weighted by atomic mass is 19.1. The van der Waals surface area contributed by atoms with E-state index in [4.69, 9.17) is 4.98 Å². The molecule has 0 atom stereocenters. The molecule has 0 aliphatic rings. The lowest BCUT2D eigenvalue weighted by atomic mass is 10.1. The Labute approximate surface area is 175 Å². The molecule has 0 saturated carbocycles. The first kappa shape index (κ1) is 19.8. The van der Waals surface area contributed by atoms with Crippen LogP contribution in [0.1, 0.15) is 33.7 Å². The van der Waals surface area contributed by atoms with Gasteiger partial charge in [-0.25, -0.2) is 9.37 Å². The zero-order chi connectivity index (χ0) is 20.9. The summed E-state index contributed by atoms with van der Waals surface area (Å²) in [6.45, 7) is 3.18. The number of nitrogens with zero attached hydrogens (tertiary/aromatic N) is 2. The van der Waals surface area contributed by atoms with Gasteiger partial charge in [-0.3, -0.25) is 4.79 Å². The van der Waals surface area contributed by atoms with E-state index in [0.717, 1.165) is 40.8 Å². The topological polar surface area (TPSA) is 46.9 Å². The monoisotopic (exact) mass is 401 g/mol. The molecule has 0 unspecified atom stereocenters. The minimum Gasteiger partial charge on any atom is -0.352 e. The van der Waals surface area contributed by atoms with E-state index >= 15 is 0 Å². The molecule has 0 aliphatic heterocycles. The second-order valence-corrected chi connectivity index (χ2v) is 7.46. The third-order valence-electron chi connectivity index (χ3n) is 5.13. The Balaban J connectivity index is 1.44. The van der Waals surface area contributed by atoms with E-state index in [1.165, 1.54) is 12.1 Å². The third kappa shape index (κ3) is 4.57. The lowest BCUT2D eigenvalue weighted by molar-refractivity contribution is 0.0953. The van der Waals surface area contributed by atoms with Crippen LogP contribution in [-0.4, -0.2) is 22.0 Å². The van der Waals surface area contributed by atoms with Gasteiger partial charge in [-0.2, -0.15) is 0 Å². The van der Waals surface area contributed by atoms with Crippen molar-refractivity contribution in [3.05, 3.63) is 101 Å². The molecule has 0 bridgehead atoms. The van der Waals surface area contributed by atoms with E-state index in [0.29, 0.717) is 18.7 Å². The normalized spacial score (nSPS) is 11.0. The van der Waals surface area contributed by atoms with Crippen LogP contribution in [0, 0.1) is 12.7 Å². The van der Waals surface area contributed by atoms with Crippen LogP contribution in [0.15, 0.2) is 72.8 Å². The van der Waals surface area contributed by atoms with Crippen molar-refractivity contribution < 1.29 is 9.18 Å². The van der Waals surface area contributed by atoms with Gasteiger partial charge in [-0.15, -0.1) is 0 Å². The maximum atomic E-state index is 13.3. The molecule has 152 valence electrons. The first-order valence-corrected chi connectivity index (χ1v) is 10.1. The highest BCUT2D eigenvalue weighted by Crippen LogP contribution is 2.19. The number of nitrogens with one attached hydrogen (secondary N) is 1. The lowest BCUT2D eigenvalue weighted by Gasteiger charge is -2.10. The van der Waals surface area contributed by atoms with E-state index < -0.39 is 0 Å². The number of aryl methyl sites for hydroxylation is 2. The van der Waals surface area contributed by atoms with Gasteiger partial charge in [0.1, 0.15) is 11.6 Å². The first-order chi connectivity index (χ1) is 14.6. The van der Waals surface area contributed by atoms with E-state index in [-0.39, 0.29) is 11.7 Å². The molecule has 4 rings (SSSR count). The summed E-state index contributed by atoms with van der Waals surface area (Å²) in [5, 5.41) is 2.99. The molecule has 0 radical (unpaired) electrons. The summed E-state index contributed by atoms with van der Waals surface area (Å²) < 4.78 is 15.4. The van der Waals surface area contributed by atoms with Gasteiger partial charge in [0.2, 0.25) is 0 Å². The Hall–Kier alpha value is -3.47. The Kier molecular flexibility index (Phi) is 5.89. The van der Waals surface area contributed by atoms with Crippen molar-refractivity contribution in [2.24, 2.45) is 0 Å². The average Bonchev–Trinajstić information content (AvgIpc) is 3.10. The maximum Gasteiger partial charge on any atom is 0.251 e. The van der Waals surface area contributed by atoms with E-state index in [1.807, 2.05) is 49.4 Å². The number of benzene rings is 3. The van der Waals surface area contributed by atoms with Crippen molar-refractivity contribution in [3.63, 3.8) is 0 Å². The van der Waals surface area contributed by atoms with Crippen LogP contribution < -0.4 is 5.32 Å². The number of hydrogen-bond acceptors (Lipinski definition) is 2. The molecule has 0 saturated heterocycles. The van der Waals surface area contributed by atoms with Gasteiger partial charge in [0.25, 0.3) is 5.91 Å². The SMILES string of the molecule is Cc1cccc(C(=O)NCCCc2nc3ccccc3n2Cc2ccc(F)cc2)c1. The van der Waals surface area contributed by atoms with E-state index in [9.17, 15) is 9.18 Å². The number of carbonyl (C=O) groups excluding carboxylic acids is 1. The average molecular weight is 401 g/mol. The summed E-state index contributed by atoms with van der Waals surface area (Å²) in [5.41, 5.74) is 4.77. The van der Waals surface area contributed by atoms with Crippen LogP contribution in [-0.2, 0) is 13.0 Å². The summed E-state index contributed by atoms with van der Waals surface area (Å²) in [4.78, 5) is 17.1. The van der Waals surface area contributed by atoms with Crippen molar-refractivity contribution in [1.29, 1.82) is 0 Å². The van der Waals surface area contributed by atoms with Crippen LogP contribution >= 0.6 is 0 Å². The number of rotatable bonds is 7. The molecule has 4 aromatic rings. The zero-order valence-corrected chi connectivity index (χ0v) is 16.9. The van der Waals surface area contributed by atoms with Crippen molar-refractivity contribution in [2.75, 3.05) is 6.54 Å². The Morgan fingerprint density at radius 1 is 1.03 bits per heavy atom. The van der Waals surface area contributed by atoms with Crippen molar-refractivity contribution >= 4 is 16.9 Å². The van der Waals surface area contributed by atoms with Crippen LogP contribution in [0.2, 0.25) is 0 Å². The minimum absolute atomic E-state index is 0.0569. The minimum atomic E-state index is -0.237. The molecular formula is C25H24FN3O. The van der Waals surface area contributed by atoms with E-state index in [2.05, 4.69) is 16.0 Å². The fourth-order valence-electron chi connectivity index (χ4n) is 3.60. The smallest absolute Gasteiger partial charge is 0.251 e. The number of imidazole rings is 1. The molecule has 1 amide bonds. The molecule has 3 aromatic carbocycles. The number of hydrogen-bond donors (Lipinski definition) is 1. The summed E-state index contributed by atoms with van der Waals surface area (Å²) in [6, 6.07) is 22.2. The molecule has 5 heteroatoms. The third-order valence-corrected chi connectivity index (χ3v) is 5.13. The molecule has 4 nitrogen and oxygen atoms in total. The predicted octanol–water partition coefficient (Wildman–Crippen LogP) is 4.89. The zero-order valence-electron chi connectivity index (χ0n) is 16.9. The quantitative estimate of drug-likeness (QED) is 0.448. The maximum absolute atomic E-state index is 13.3. The van der Waals surface area contributed by atoms with Crippen molar-refractivity contribution in [1.82, 2.24) is 14.9 Å². The fraction of sp³-hybridized carbons (Fsp3) is 0.200. The molecular weight excluding hydrogens is 377 g/mol. The van der Waals surface area contributed by atoms with E-state index in [1.54, 1.807) is 12.1 Å². The molecule has 1 aromatic heterocycles. The number of aromatic nitrogens is 2. The van der Waals surface area contributed by atoms with Gasteiger partial charge >= 0.3 is 0 Å². The van der Waals surface area contributed by atoms with Gasteiger partial charge in [0, 0.05) is 25.1 Å². The highest BCUT2D eigenvalue weighted by Gasteiger charge is 2.11. The number of para-hydroxylation sites is 2. The Morgan fingerprint density at radius 3 is 2.63 bits per heavy atom. The molecule has 0 aliphatic carbocycles. The number of amides is 1.